The van der Waals surface area contributed by atoms with Crippen LogP contribution >= 0.6 is 0 Å². The van der Waals surface area contributed by atoms with Gasteiger partial charge in [-0.25, -0.2) is 0 Å². The maximum absolute atomic E-state index is 11.9. The third-order valence-corrected chi connectivity index (χ3v) is 3.71. The Kier molecular flexibility index (Phi) is 4.95. The topological polar surface area (TPSA) is 102 Å². The van der Waals surface area contributed by atoms with E-state index in [1.54, 1.807) is 6.20 Å². The second-order valence-corrected chi connectivity index (χ2v) is 5.67. The number of aromatic nitrogens is 2. The van der Waals surface area contributed by atoms with Gasteiger partial charge >= 0.3 is 0 Å². The molecule has 7 nitrogen and oxygen atoms in total. The van der Waals surface area contributed by atoms with Gasteiger partial charge in [-0.2, -0.15) is 5.10 Å². The summed E-state index contributed by atoms with van der Waals surface area (Å²) in [5.41, 5.74) is 6.42. The molecule has 7 heteroatoms. The van der Waals surface area contributed by atoms with E-state index in [0.29, 0.717) is 11.7 Å². The predicted octanol–water partition coefficient (Wildman–Crippen LogP) is 0.474. The Hall–Kier alpha value is -1.89. The molecule has 1 aromatic rings. The molecule has 0 aromatic carbocycles. The molecule has 1 aromatic heterocycles. The zero-order chi connectivity index (χ0) is 15.4. The number of carbonyl (C=O) groups is 2. The van der Waals surface area contributed by atoms with Crippen molar-refractivity contribution in [1.82, 2.24) is 15.1 Å². The van der Waals surface area contributed by atoms with Gasteiger partial charge in [0.15, 0.2) is 0 Å². The van der Waals surface area contributed by atoms with Crippen molar-refractivity contribution in [2.45, 2.75) is 51.7 Å². The van der Waals surface area contributed by atoms with Gasteiger partial charge in [0.05, 0.1) is 17.9 Å². The third kappa shape index (κ3) is 4.56. The molecular formula is C14H23N5O2. The van der Waals surface area contributed by atoms with Crippen molar-refractivity contribution >= 4 is 17.5 Å². The minimum atomic E-state index is -0.545. The third-order valence-electron chi connectivity index (χ3n) is 3.71. The van der Waals surface area contributed by atoms with Crippen molar-refractivity contribution in [3.8, 4) is 0 Å². The first-order valence-electron chi connectivity index (χ1n) is 7.37. The van der Waals surface area contributed by atoms with Crippen LogP contribution in [-0.2, 0) is 16.1 Å². The molecule has 0 spiro atoms. The van der Waals surface area contributed by atoms with Crippen LogP contribution in [0.15, 0.2) is 12.4 Å². The van der Waals surface area contributed by atoms with E-state index in [0.717, 1.165) is 19.3 Å². The van der Waals surface area contributed by atoms with Crippen LogP contribution in [0.25, 0.3) is 0 Å². The Morgan fingerprint density at radius 2 is 2.24 bits per heavy atom. The van der Waals surface area contributed by atoms with Crippen molar-refractivity contribution in [2.24, 2.45) is 11.7 Å². The molecule has 2 rings (SSSR count). The lowest BCUT2D eigenvalue weighted by Gasteiger charge is -2.16. The van der Waals surface area contributed by atoms with Crippen LogP contribution in [0.1, 0.15) is 33.1 Å². The fraction of sp³-hybridized carbons (Fsp3) is 0.643. The fourth-order valence-electron chi connectivity index (χ4n) is 1.90. The summed E-state index contributed by atoms with van der Waals surface area (Å²) >= 11 is 0. The van der Waals surface area contributed by atoms with E-state index in [2.05, 4.69) is 15.7 Å². The van der Waals surface area contributed by atoms with Crippen LogP contribution in [0.4, 0.5) is 5.69 Å². The molecule has 116 valence electrons. The van der Waals surface area contributed by atoms with E-state index in [1.165, 1.54) is 10.9 Å². The summed E-state index contributed by atoms with van der Waals surface area (Å²) in [4.78, 5) is 23.6. The van der Waals surface area contributed by atoms with E-state index in [1.807, 2.05) is 13.8 Å². The summed E-state index contributed by atoms with van der Waals surface area (Å²) in [6.07, 6.45) is 6.11. The molecule has 1 aliphatic carbocycles. The first-order chi connectivity index (χ1) is 9.99. The summed E-state index contributed by atoms with van der Waals surface area (Å²) in [7, 11) is 0. The van der Waals surface area contributed by atoms with E-state index < -0.39 is 6.04 Å². The van der Waals surface area contributed by atoms with E-state index in [-0.39, 0.29) is 24.3 Å². The minimum Gasteiger partial charge on any atom is -0.352 e. The zero-order valence-corrected chi connectivity index (χ0v) is 12.5. The van der Waals surface area contributed by atoms with Crippen molar-refractivity contribution in [2.75, 3.05) is 5.32 Å². The van der Waals surface area contributed by atoms with Crippen LogP contribution in [0.2, 0.25) is 0 Å². The summed E-state index contributed by atoms with van der Waals surface area (Å²) in [6.45, 7) is 4.09. The van der Waals surface area contributed by atoms with Gasteiger partial charge in [-0.1, -0.05) is 20.3 Å². The van der Waals surface area contributed by atoms with Crippen LogP contribution < -0.4 is 16.4 Å². The van der Waals surface area contributed by atoms with Crippen LogP contribution in [0.3, 0.4) is 0 Å². The van der Waals surface area contributed by atoms with Gasteiger partial charge in [-0.15, -0.1) is 0 Å². The van der Waals surface area contributed by atoms with Crippen molar-refractivity contribution in [1.29, 1.82) is 0 Å². The number of nitrogens with two attached hydrogens (primary N) is 1. The van der Waals surface area contributed by atoms with Gasteiger partial charge < -0.3 is 16.4 Å². The lowest BCUT2D eigenvalue weighted by molar-refractivity contribution is -0.122. The largest absolute Gasteiger partial charge is 0.352 e. The van der Waals surface area contributed by atoms with Gasteiger partial charge in [0.2, 0.25) is 11.8 Å². The van der Waals surface area contributed by atoms with Crippen molar-refractivity contribution in [3.05, 3.63) is 12.4 Å². The lowest BCUT2D eigenvalue weighted by Crippen LogP contribution is -2.40. The summed E-state index contributed by atoms with van der Waals surface area (Å²) in [5, 5.41) is 9.67. The molecule has 0 saturated heterocycles. The molecule has 0 aliphatic heterocycles. The molecule has 1 aliphatic rings. The second-order valence-electron chi connectivity index (χ2n) is 5.67. The molecule has 0 radical (unpaired) electrons. The Balaban J connectivity index is 1.84. The van der Waals surface area contributed by atoms with E-state index in [4.69, 9.17) is 5.73 Å². The Morgan fingerprint density at radius 3 is 2.86 bits per heavy atom. The standard InChI is InChI=1S/C14H23N5O2/c1-3-9(2)13(15)14(21)18-11-6-16-19(7-11)8-12(20)17-10-4-5-10/h6-7,9-10,13H,3-5,8,15H2,1-2H3,(H,17,20)(H,18,21)/t9?,13-/m0/s1. The number of carbonyl (C=O) groups excluding carboxylic acids is 2. The second kappa shape index (κ2) is 6.71. The van der Waals surface area contributed by atoms with Crippen LogP contribution in [0, 0.1) is 5.92 Å². The monoisotopic (exact) mass is 293 g/mol. The first kappa shape index (κ1) is 15.5. The smallest absolute Gasteiger partial charge is 0.241 e. The molecule has 1 heterocycles. The predicted molar refractivity (Wildman–Crippen MR) is 79.5 cm³/mol. The molecule has 4 N–H and O–H groups in total. The minimum absolute atomic E-state index is 0.0604. The van der Waals surface area contributed by atoms with Crippen LogP contribution in [0.5, 0.6) is 0 Å². The fourth-order valence-corrected chi connectivity index (χ4v) is 1.90. The summed E-state index contributed by atoms with van der Waals surface area (Å²) < 4.78 is 1.50. The number of nitrogens with zero attached hydrogens (tertiary/aromatic N) is 2. The Bertz CT molecular complexity index is 509. The van der Waals surface area contributed by atoms with Gasteiger partial charge in [0, 0.05) is 12.2 Å². The Morgan fingerprint density at radius 1 is 1.52 bits per heavy atom. The normalized spacial score (nSPS) is 17.1. The molecule has 0 bridgehead atoms. The molecular weight excluding hydrogens is 270 g/mol. The zero-order valence-electron chi connectivity index (χ0n) is 12.5. The average molecular weight is 293 g/mol. The quantitative estimate of drug-likeness (QED) is 0.680. The lowest BCUT2D eigenvalue weighted by atomic mass is 9.99. The number of nitrogens with one attached hydrogen (secondary N) is 2. The van der Waals surface area contributed by atoms with E-state index >= 15 is 0 Å². The highest BCUT2D eigenvalue weighted by molar-refractivity contribution is 5.94. The van der Waals surface area contributed by atoms with Gasteiger partial charge in [0.1, 0.15) is 6.54 Å². The van der Waals surface area contributed by atoms with Gasteiger partial charge in [-0.3, -0.25) is 14.3 Å². The number of hydrogen-bond acceptors (Lipinski definition) is 4. The number of amides is 2. The van der Waals surface area contributed by atoms with Crippen LogP contribution in [-0.4, -0.2) is 33.7 Å². The maximum atomic E-state index is 11.9. The molecule has 1 fully saturated rings. The number of hydrogen-bond donors (Lipinski definition) is 3. The molecule has 1 saturated carbocycles. The highest BCUT2D eigenvalue weighted by Gasteiger charge is 2.23. The first-order valence-corrected chi connectivity index (χ1v) is 7.37. The molecule has 21 heavy (non-hydrogen) atoms. The Labute approximate surface area is 124 Å². The average Bonchev–Trinajstić information content (AvgIpc) is 3.16. The van der Waals surface area contributed by atoms with Crippen molar-refractivity contribution in [3.63, 3.8) is 0 Å². The highest BCUT2D eigenvalue weighted by atomic mass is 16.2. The summed E-state index contributed by atoms with van der Waals surface area (Å²) in [6, 6.07) is -0.211. The number of anilines is 1. The van der Waals surface area contributed by atoms with E-state index in [9.17, 15) is 9.59 Å². The number of rotatable bonds is 7. The SMILES string of the molecule is CCC(C)[C@H](N)C(=O)Nc1cnn(CC(=O)NC2CC2)c1. The maximum Gasteiger partial charge on any atom is 0.241 e. The van der Waals surface area contributed by atoms with Gasteiger partial charge in [-0.05, 0) is 18.8 Å². The molecule has 2 atom stereocenters. The summed E-state index contributed by atoms with van der Waals surface area (Å²) in [5.74, 6) is -0.175. The van der Waals surface area contributed by atoms with Crippen molar-refractivity contribution < 1.29 is 9.59 Å². The van der Waals surface area contributed by atoms with Gasteiger partial charge in [0.25, 0.3) is 0 Å². The highest BCUT2D eigenvalue weighted by Crippen LogP contribution is 2.18. The molecule has 1 unspecified atom stereocenters. The molecule has 2 amide bonds.